The minimum absolute atomic E-state index is 0.477. The van der Waals surface area contributed by atoms with Gasteiger partial charge in [-0.05, 0) is 32.5 Å². The van der Waals surface area contributed by atoms with Crippen molar-refractivity contribution in [3.63, 3.8) is 0 Å². The van der Waals surface area contributed by atoms with Gasteiger partial charge >= 0.3 is 0 Å². The van der Waals surface area contributed by atoms with Crippen LogP contribution in [-0.2, 0) is 0 Å². The van der Waals surface area contributed by atoms with E-state index in [9.17, 15) is 0 Å². The Kier molecular flexibility index (Phi) is 3.36. The van der Waals surface area contributed by atoms with E-state index in [0.717, 1.165) is 22.6 Å². The van der Waals surface area contributed by atoms with Crippen molar-refractivity contribution in [3.8, 4) is 0 Å². The molecule has 5 heteroatoms. The van der Waals surface area contributed by atoms with Crippen molar-refractivity contribution in [2.24, 2.45) is 0 Å². The molecule has 1 N–H and O–H groups in total. The lowest BCUT2D eigenvalue weighted by Gasteiger charge is -2.20. The lowest BCUT2D eigenvalue weighted by molar-refractivity contribution is 0.326. The predicted octanol–water partition coefficient (Wildman–Crippen LogP) is 2.05. The van der Waals surface area contributed by atoms with Crippen molar-refractivity contribution in [1.29, 1.82) is 0 Å². The van der Waals surface area contributed by atoms with E-state index in [1.807, 2.05) is 11.4 Å². The van der Waals surface area contributed by atoms with E-state index < -0.39 is 0 Å². The molecule has 2 aromatic heterocycles. The third-order valence-corrected chi connectivity index (χ3v) is 3.60. The van der Waals surface area contributed by atoms with E-state index in [0.29, 0.717) is 6.04 Å². The molecular formula is C11H16N4S. The lowest BCUT2D eigenvalue weighted by Crippen LogP contribution is -2.31. The Morgan fingerprint density at radius 1 is 1.44 bits per heavy atom. The van der Waals surface area contributed by atoms with E-state index in [4.69, 9.17) is 0 Å². The summed E-state index contributed by atoms with van der Waals surface area (Å²) >= 11 is 1.67. The molecule has 0 radical (unpaired) electrons. The molecule has 2 heterocycles. The van der Waals surface area contributed by atoms with Gasteiger partial charge in [-0.25, -0.2) is 9.97 Å². The predicted molar refractivity (Wildman–Crippen MR) is 69.1 cm³/mol. The maximum Gasteiger partial charge on any atom is 0.147 e. The van der Waals surface area contributed by atoms with Crippen molar-refractivity contribution in [2.75, 3.05) is 26.0 Å². The second-order valence-electron chi connectivity index (χ2n) is 4.05. The average Bonchev–Trinajstić information content (AvgIpc) is 2.73. The van der Waals surface area contributed by atoms with Gasteiger partial charge in [-0.15, -0.1) is 11.3 Å². The molecule has 0 aliphatic carbocycles. The molecule has 0 bridgehead atoms. The highest BCUT2D eigenvalue weighted by Crippen LogP contribution is 2.24. The third kappa shape index (κ3) is 2.31. The molecule has 86 valence electrons. The van der Waals surface area contributed by atoms with Crippen LogP contribution in [0.25, 0.3) is 10.2 Å². The van der Waals surface area contributed by atoms with E-state index in [1.54, 1.807) is 17.7 Å². The molecule has 0 aliphatic rings. The van der Waals surface area contributed by atoms with Crippen molar-refractivity contribution >= 4 is 27.4 Å². The van der Waals surface area contributed by atoms with Gasteiger partial charge in [0.15, 0.2) is 0 Å². The molecule has 2 rings (SSSR count). The van der Waals surface area contributed by atoms with Crippen LogP contribution in [-0.4, -0.2) is 41.5 Å². The zero-order valence-corrected chi connectivity index (χ0v) is 10.6. The normalized spacial score (nSPS) is 13.2. The molecule has 2 aromatic rings. The summed E-state index contributed by atoms with van der Waals surface area (Å²) in [6.07, 6.45) is 1.61. The molecule has 0 aromatic carbocycles. The fraction of sp³-hybridized carbons (Fsp3) is 0.455. The first-order valence-electron chi connectivity index (χ1n) is 5.27. The van der Waals surface area contributed by atoms with Gasteiger partial charge in [0.1, 0.15) is 12.1 Å². The number of likely N-dealkylation sites (N-methyl/N-ethyl adjacent to an activating group) is 1. The van der Waals surface area contributed by atoms with Crippen LogP contribution in [0.3, 0.4) is 0 Å². The maximum absolute atomic E-state index is 4.28. The smallest absolute Gasteiger partial charge is 0.147 e. The minimum Gasteiger partial charge on any atom is -0.367 e. The van der Waals surface area contributed by atoms with Crippen LogP contribution in [0.15, 0.2) is 17.8 Å². The topological polar surface area (TPSA) is 41.1 Å². The highest BCUT2D eigenvalue weighted by molar-refractivity contribution is 7.17. The first-order valence-corrected chi connectivity index (χ1v) is 6.15. The number of hydrogen-bond acceptors (Lipinski definition) is 5. The highest BCUT2D eigenvalue weighted by Gasteiger charge is 2.07. The van der Waals surface area contributed by atoms with Crippen LogP contribution in [0.4, 0.5) is 5.82 Å². The van der Waals surface area contributed by atoms with Gasteiger partial charge in [-0.3, -0.25) is 0 Å². The number of nitrogens with one attached hydrogen (secondary N) is 1. The highest BCUT2D eigenvalue weighted by atomic mass is 32.1. The van der Waals surface area contributed by atoms with Crippen LogP contribution in [0.2, 0.25) is 0 Å². The van der Waals surface area contributed by atoms with E-state index in [1.165, 1.54) is 0 Å². The van der Waals surface area contributed by atoms with Crippen molar-refractivity contribution in [1.82, 2.24) is 14.9 Å². The number of nitrogens with zero attached hydrogens (tertiary/aromatic N) is 3. The van der Waals surface area contributed by atoms with Crippen LogP contribution < -0.4 is 5.32 Å². The summed E-state index contributed by atoms with van der Waals surface area (Å²) in [6.45, 7) is 3.07. The molecule has 16 heavy (non-hydrogen) atoms. The SMILES string of the molecule is CC(CNc1ncnc2ccsc12)N(C)C. The van der Waals surface area contributed by atoms with Gasteiger partial charge < -0.3 is 10.2 Å². The molecule has 0 saturated heterocycles. The Bertz CT molecular complexity index is 466. The Balaban J connectivity index is 2.12. The van der Waals surface area contributed by atoms with Crippen LogP contribution in [0.1, 0.15) is 6.92 Å². The Morgan fingerprint density at radius 2 is 2.25 bits per heavy atom. The zero-order valence-electron chi connectivity index (χ0n) is 9.77. The maximum atomic E-state index is 4.28. The van der Waals surface area contributed by atoms with Crippen molar-refractivity contribution in [2.45, 2.75) is 13.0 Å². The summed E-state index contributed by atoms with van der Waals surface area (Å²) in [4.78, 5) is 10.7. The Hall–Kier alpha value is -1.20. The standard InChI is InChI=1S/C11H16N4S/c1-8(15(2)3)6-12-11-10-9(4-5-16-10)13-7-14-11/h4-5,7-8H,6H2,1-3H3,(H,12,13,14). The molecule has 0 fully saturated rings. The fourth-order valence-electron chi connectivity index (χ4n) is 1.34. The summed E-state index contributed by atoms with van der Waals surface area (Å²) in [5.41, 5.74) is 1.01. The molecule has 1 unspecified atom stereocenters. The number of hydrogen-bond donors (Lipinski definition) is 1. The van der Waals surface area contributed by atoms with Gasteiger partial charge in [0.25, 0.3) is 0 Å². The number of anilines is 1. The number of fused-ring (bicyclic) bond motifs is 1. The number of rotatable bonds is 4. The Labute approximate surface area is 99.3 Å². The van der Waals surface area contributed by atoms with Gasteiger partial charge in [0.2, 0.25) is 0 Å². The average molecular weight is 236 g/mol. The minimum atomic E-state index is 0.477. The Morgan fingerprint density at radius 3 is 3.00 bits per heavy atom. The van der Waals surface area contributed by atoms with Gasteiger partial charge in [0, 0.05) is 12.6 Å². The lowest BCUT2D eigenvalue weighted by atomic mass is 10.3. The largest absolute Gasteiger partial charge is 0.367 e. The summed E-state index contributed by atoms with van der Waals surface area (Å²) in [5, 5.41) is 5.41. The molecule has 0 saturated carbocycles. The molecule has 1 atom stereocenters. The third-order valence-electron chi connectivity index (χ3n) is 2.69. The molecule has 0 spiro atoms. The summed E-state index contributed by atoms with van der Waals surface area (Å²) < 4.78 is 1.13. The molecule has 0 aliphatic heterocycles. The molecule has 4 nitrogen and oxygen atoms in total. The molecular weight excluding hydrogens is 220 g/mol. The zero-order chi connectivity index (χ0) is 11.5. The van der Waals surface area contributed by atoms with Crippen LogP contribution in [0, 0.1) is 0 Å². The summed E-state index contributed by atoms with van der Waals surface area (Å²) in [5.74, 6) is 0.939. The van der Waals surface area contributed by atoms with E-state index in [2.05, 4.69) is 41.2 Å². The van der Waals surface area contributed by atoms with Crippen molar-refractivity contribution in [3.05, 3.63) is 17.8 Å². The van der Waals surface area contributed by atoms with E-state index in [-0.39, 0.29) is 0 Å². The quantitative estimate of drug-likeness (QED) is 0.882. The monoisotopic (exact) mass is 236 g/mol. The molecule has 0 amide bonds. The second-order valence-corrected chi connectivity index (χ2v) is 4.97. The van der Waals surface area contributed by atoms with Crippen LogP contribution in [0.5, 0.6) is 0 Å². The first-order chi connectivity index (χ1) is 7.68. The van der Waals surface area contributed by atoms with Gasteiger partial charge in [-0.1, -0.05) is 0 Å². The fourth-order valence-corrected chi connectivity index (χ4v) is 2.15. The number of thiophene rings is 1. The van der Waals surface area contributed by atoms with Gasteiger partial charge in [-0.2, -0.15) is 0 Å². The van der Waals surface area contributed by atoms with E-state index >= 15 is 0 Å². The van der Waals surface area contributed by atoms with Crippen LogP contribution >= 0.6 is 11.3 Å². The summed E-state index contributed by atoms with van der Waals surface area (Å²) in [6, 6.07) is 2.49. The van der Waals surface area contributed by atoms with Crippen molar-refractivity contribution < 1.29 is 0 Å². The second kappa shape index (κ2) is 4.76. The summed E-state index contributed by atoms with van der Waals surface area (Å²) in [7, 11) is 4.15. The first kappa shape index (κ1) is 11.3. The number of aromatic nitrogens is 2. The van der Waals surface area contributed by atoms with Gasteiger partial charge in [0.05, 0.1) is 10.2 Å².